The molecule has 0 aliphatic heterocycles. The van der Waals surface area contributed by atoms with Gasteiger partial charge in [-0.05, 0) is 51.5 Å². The number of ether oxygens (including phenoxy) is 1. The van der Waals surface area contributed by atoms with Crippen LogP contribution in [0.2, 0.25) is 0 Å². The van der Waals surface area contributed by atoms with Gasteiger partial charge in [-0.25, -0.2) is 9.78 Å². The first-order valence-corrected chi connectivity index (χ1v) is 11.6. The van der Waals surface area contributed by atoms with Gasteiger partial charge < -0.3 is 26.0 Å². The van der Waals surface area contributed by atoms with Crippen LogP contribution in [0.4, 0.5) is 22.4 Å². The Morgan fingerprint density at radius 1 is 1.06 bits per heavy atom. The molecule has 0 saturated heterocycles. The van der Waals surface area contributed by atoms with E-state index in [9.17, 15) is 4.79 Å². The quantitative estimate of drug-likeness (QED) is 0.445. The molecular weight excluding hydrogens is 408 g/mol. The summed E-state index contributed by atoms with van der Waals surface area (Å²) in [6, 6.07) is 4.24. The predicted molar refractivity (Wildman–Crippen MR) is 123 cm³/mol. The minimum absolute atomic E-state index is 0.0777. The molecule has 2 saturated carbocycles. The molecule has 10 heteroatoms. The lowest BCUT2D eigenvalue weighted by Gasteiger charge is -2.33. The summed E-state index contributed by atoms with van der Waals surface area (Å²) in [7, 11) is 1.73. The van der Waals surface area contributed by atoms with Gasteiger partial charge in [-0.3, -0.25) is 5.10 Å². The molecule has 0 bridgehead atoms. The van der Waals surface area contributed by atoms with Gasteiger partial charge >= 0.3 is 6.03 Å². The Kier molecular flexibility index (Phi) is 7.41. The number of aromatic amines is 1. The van der Waals surface area contributed by atoms with E-state index in [1.807, 2.05) is 19.1 Å². The van der Waals surface area contributed by atoms with E-state index < -0.39 is 0 Å². The molecule has 2 fully saturated rings. The lowest BCUT2D eigenvalue weighted by Crippen LogP contribution is -2.52. The van der Waals surface area contributed by atoms with Crippen molar-refractivity contribution in [2.45, 2.75) is 82.5 Å². The molecule has 32 heavy (non-hydrogen) atoms. The van der Waals surface area contributed by atoms with Gasteiger partial charge in [0.1, 0.15) is 5.82 Å². The second-order valence-electron chi connectivity index (χ2n) is 8.80. The fourth-order valence-electron chi connectivity index (χ4n) is 4.62. The number of anilines is 3. The van der Waals surface area contributed by atoms with Gasteiger partial charge in [-0.1, -0.05) is 12.8 Å². The van der Waals surface area contributed by atoms with Crippen molar-refractivity contribution in [2.75, 3.05) is 17.7 Å². The number of aromatic nitrogens is 4. The summed E-state index contributed by atoms with van der Waals surface area (Å²) in [5.41, 5.74) is 0.983. The number of H-pyrrole nitrogens is 1. The van der Waals surface area contributed by atoms with Crippen molar-refractivity contribution in [2.24, 2.45) is 0 Å². The Balaban J connectivity index is 1.21. The third-order valence-corrected chi connectivity index (χ3v) is 6.34. The van der Waals surface area contributed by atoms with Crippen molar-refractivity contribution in [1.82, 2.24) is 30.8 Å². The maximum absolute atomic E-state index is 12.5. The molecule has 0 aromatic carbocycles. The molecule has 2 atom stereocenters. The standard InChI is InChI=1S/C22H34N8O2/c1-14-13-20(30-29-14)27-19-11-12-23-21(28-19)24-15-7-9-16(10-8-15)25-22(31)26-17-5-3-4-6-18(17)32-2/h11-13,15-18H,3-10H2,1-2H3,(H2,25,26,31)(H3,23,24,27,28,29,30)/t15?,16?,17-,18+/m1/s1. The fraction of sp³-hybridized carbons (Fsp3) is 0.636. The Bertz CT molecular complexity index is 880. The number of aryl methyl sites for hydroxylation is 1. The number of nitrogens with one attached hydrogen (secondary N) is 5. The maximum atomic E-state index is 12.5. The summed E-state index contributed by atoms with van der Waals surface area (Å²) >= 11 is 0. The summed E-state index contributed by atoms with van der Waals surface area (Å²) in [6.45, 7) is 1.95. The largest absolute Gasteiger partial charge is 0.379 e. The Labute approximate surface area is 188 Å². The smallest absolute Gasteiger partial charge is 0.315 e. The number of carbonyl (C=O) groups excluding carboxylic acids is 1. The number of urea groups is 1. The van der Waals surface area contributed by atoms with Gasteiger partial charge in [0, 0.05) is 37.2 Å². The van der Waals surface area contributed by atoms with Crippen LogP contribution in [-0.2, 0) is 4.74 Å². The van der Waals surface area contributed by atoms with Crippen LogP contribution in [0.25, 0.3) is 0 Å². The van der Waals surface area contributed by atoms with E-state index in [0.29, 0.717) is 11.8 Å². The molecule has 4 rings (SSSR count). The second kappa shape index (κ2) is 10.6. The van der Waals surface area contributed by atoms with Crippen molar-refractivity contribution < 1.29 is 9.53 Å². The van der Waals surface area contributed by atoms with Crippen molar-refractivity contribution in [3.63, 3.8) is 0 Å². The van der Waals surface area contributed by atoms with Crippen molar-refractivity contribution >= 4 is 23.6 Å². The number of nitrogens with zero attached hydrogens (tertiary/aromatic N) is 3. The van der Waals surface area contributed by atoms with Crippen molar-refractivity contribution in [3.05, 3.63) is 24.0 Å². The Morgan fingerprint density at radius 2 is 1.84 bits per heavy atom. The molecule has 10 nitrogen and oxygen atoms in total. The Hall–Kier alpha value is -2.88. The predicted octanol–water partition coefficient (Wildman–Crippen LogP) is 3.23. The van der Waals surface area contributed by atoms with Gasteiger partial charge in [-0.15, -0.1) is 0 Å². The third kappa shape index (κ3) is 6.09. The number of hydrogen-bond donors (Lipinski definition) is 5. The molecule has 2 aromatic heterocycles. The first-order valence-electron chi connectivity index (χ1n) is 11.6. The van der Waals surface area contributed by atoms with E-state index in [1.54, 1.807) is 13.3 Å². The highest BCUT2D eigenvalue weighted by atomic mass is 16.5. The van der Waals surface area contributed by atoms with Crippen molar-refractivity contribution in [3.8, 4) is 0 Å². The van der Waals surface area contributed by atoms with Gasteiger partial charge in [0.2, 0.25) is 5.95 Å². The molecule has 174 valence electrons. The molecular formula is C22H34N8O2. The van der Waals surface area contributed by atoms with E-state index >= 15 is 0 Å². The molecule has 0 unspecified atom stereocenters. The SMILES string of the molecule is CO[C@H]1CCCC[C@H]1NC(=O)NC1CCC(Nc2nccc(Nc3cc(C)[nH]n3)n2)CC1. The molecule has 2 aromatic rings. The van der Waals surface area contributed by atoms with E-state index in [1.165, 1.54) is 6.42 Å². The normalized spacial score (nSPS) is 25.7. The highest BCUT2D eigenvalue weighted by Crippen LogP contribution is 2.23. The maximum Gasteiger partial charge on any atom is 0.315 e. The summed E-state index contributed by atoms with van der Waals surface area (Å²) in [6.07, 6.45) is 9.91. The zero-order valence-corrected chi connectivity index (χ0v) is 18.9. The third-order valence-electron chi connectivity index (χ3n) is 6.34. The average molecular weight is 443 g/mol. The highest BCUT2D eigenvalue weighted by molar-refractivity contribution is 5.74. The summed E-state index contributed by atoms with van der Waals surface area (Å²) < 4.78 is 5.54. The lowest BCUT2D eigenvalue weighted by atomic mass is 9.91. The first-order chi connectivity index (χ1) is 15.6. The highest BCUT2D eigenvalue weighted by Gasteiger charge is 2.28. The van der Waals surface area contributed by atoms with Gasteiger partial charge in [0.25, 0.3) is 0 Å². The fourth-order valence-corrected chi connectivity index (χ4v) is 4.62. The van der Waals surface area contributed by atoms with Crippen LogP contribution in [0.5, 0.6) is 0 Å². The van der Waals surface area contributed by atoms with Gasteiger partial charge in [-0.2, -0.15) is 10.1 Å². The van der Waals surface area contributed by atoms with Crippen LogP contribution in [0.3, 0.4) is 0 Å². The number of hydrogen-bond acceptors (Lipinski definition) is 7. The van der Waals surface area contributed by atoms with Crippen LogP contribution in [0.15, 0.2) is 18.3 Å². The topological polar surface area (TPSA) is 129 Å². The van der Waals surface area contributed by atoms with Crippen LogP contribution in [0.1, 0.15) is 57.1 Å². The van der Waals surface area contributed by atoms with E-state index in [2.05, 4.69) is 41.4 Å². The molecule has 2 aliphatic rings. The monoisotopic (exact) mass is 442 g/mol. The summed E-state index contributed by atoms with van der Waals surface area (Å²) in [5.74, 6) is 2.01. The lowest BCUT2D eigenvalue weighted by molar-refractivity contribution is 0.0450. The second-order valence-corrected chi connectivity index (χ2v) is 8.80. The van der Waals surface area contributed by atoms with Gasteiger partial charge in [0.15, 0.2) is 5.82 Å². The number of methoxy groups -OCH3 is 1. The summed E-state index contributed by atoms with van der Waals surface area (Å²) in [5, 5.41) is 19.9. The molecule has 2 amide bonds. The van der Waals surface area contributed by atoms with E-state index in [4.69, 9.17) is 4.74 Å². The minimum atomic E-state index is -0.0777. The zero-order valence-electron chi connectivity index (χ0n) is 18.9. The van der Waals surface area contributed by atoms with E-state index in [0.717, 1.165) is 56.5 Å². The molecule has 5 N–H and O–H groups in total. The molecule has 0 spiro atoms. The van der Waals surface area contributed by atoms with Gasteiger partial charge in [0.05, 0.1) is 12.1 Å². The van der Waals surface area contributed by atoms with E-state index in [-0.39, 0.29) is 30.3 Å². The minimum Gasteiger partial charge on any atom is -0.379 e. The molecule has 2 aliphatic carbocycles. The number of carbonyl (C=O) groups is 1. The van der Waals surface area contributed by atoms with Crippen LogP contribution in [-0.4, -0.2) is 57.5 Å². The average Bonchev–Trinajstić information content (AvgIpc) is 3.20. The van der Waals surface area contributed by atoms with Crippen LogP contribution >= 0.6 is 0 Å². The first kappa shape index (κ1) is 22.3. The van der Waals surface area contributed by atoms with Crippen LogP contribution in [0, 0.1) is 6.92 Å². The van der Waals surface area contributed by atoms with Crippen LogP contribution < -0.4 is 21.3 Å². The zero-order chi connectivity index (χ0) is 22.3. The van der Waals surface area contributed by atoms with Crippen molar-refractivity contribution in [1.29, 1.82) is 0 Å². The number of rotatable bonds is 7. The Morgan fingerprint density at radius 3 is 2.59 bits per heavy atom. The number of amides is 2. The summed E-state index contributed by atoms with van der Waals surface area (Å²) in [4.78, 5) is 21.4. The molecule has 0 radical (unpaired) electrons. The molecule has 2 heterocycles.